The first-order valence-corrected chi connectivity index (χ1v) is 16.9. The maximum Gasteiger partial charge on any atom is 0.305 e. The Morgan fingerprint density at radius 2 is 0.821 bits per heavy atom. The van der Waals surface area contributed by atoms with Crippen LogP contribution in [0.2, 0.25) is 0 Å². The number of rotatable bonds is 30. The standard InChI is InChI=1S/C34H66O5/c1-4-5-6-7-8-9-10-11-15-18-21-24-27-33(36)38-29-32(35)30-39-34(37)28-25-22-19-16-13-12-14-17-20-23-26-31(2)3/h31-32,35H,4-30H2,1-3H3/t32-/m1/s1. The first-order chi connectivity index (χ1) is 19.0. The first-order valence-electron chi connectivity index (χ1n) is 16.9. The van der Waals surface area contributed by atoms with E-state index in [-0.39, 0.29) is 25.2 Å². The lowest BCUT2D eigenvalue weighted by atomic mass is 10.0. The fraction of sp³-hybridized carbons (Fsp3) is 0.941. The van der Waals surface area contributed by atoms with Crippen LogP contribution in [0.5, 0.6) is 0 Å². The molecule has 0 aliphatic carbocycles. The smallest absolute Gasteiger partial charge is 0.305 e. The molecule has 0 radical (unpaired) electrons. The highest BCUT2D eigenvalue weighted by Gasteiger charge is 2.12. The summed E-state index contributed by atoms with van der Waals surface area (Å²) in [6, 6.07) is 0. The van der Waals surface area contributed by atoms with Crippen LogP contribution in [0.4, 0.5) is 0 Å². The fourth-order valence-electron chi connectivity index (χ4n) is 4.92. The Labute approximate surface area is 242 Å². The minimum atomic E-state index is -0.953. The van der Waals surface area contributed by atoms with E-state index in [1.165, 1.54) is 122 Å². The number of carbonyl (C=O) groups excluding carboxylic acids is 2. The van der Waals surface area contributed by atoms with E-state index in [2.05, 4.69) is 20.8 Å². The van der Waals surface area contributed by atoms with Gasteiger partial charge in [-0.2, -0.15) is 0 Å². The van der Waals surface area contributed by atoms with Crippen LogP contribution in [-0.4, -0.2) is 36.4 Å². The van der Waals surface area contributed by atoms with Crippen molar-refractivity contribution in [3.05, 3.63) is 0 Å². The van der Waals surface area contributed by atoms with Gasteiger partial charge in [-0.15, -0.1) is 0 Å². The SMILES string of the molecule is CCCCCCCCCCCCCCC(=O)OC[C@@H](O)COC(=O)CCCCCCCCCCCCC(C)C. The molecule has 1 N–H and O–H groups in total. The Kier molecular flexibility index (Phi) is 29.0. The lowest BCUT2D eigenvalue weighted by Gasteiger charge is -2.12. The van der Waals surface area contributed by atoms with Gasteiger partial charge in [0.05, 0.1) is 0 Å². The highest BCUT2D eigenvalue weighted by Crippen LogP contribution is 2.15. The second kappa shape index (κ2) is 29.9. The van der Waals surface area contributed by atoms with E-state index in [1.54, 1.807) is 0 Å². The van der Waals surface area contributed by atoms with Gasteiger partial charge in [-0.25, -0.2) is 0 Å². The van der Waals surface area contributed by atoms with Crippen molar-refractivity contribution in [3.8, 4) is 0 Å². The van der Waals surface area contributed by atoms with Crippen LogP contribution >= 0.6 is 0 Å². The van der Waals surface area contributed by atoms with Crippen molar-refractivity contribution >= 4 is 11.9 Å². The predicted octanol–water partition coefficient (Wildman–Crippen LogP) is 9.86. The predicted molar refractivity (Wildman–Crippen MR) is 164 cm³/mol. The summed E-state index contributed by atoms with van der Waals surface area (Å²) in [4.78, 5) is 23.8. The van der Waals surface area contributed by atoms with Crippen molar-refractivity contribution < 1.29 is 24.2 Å². The number of hydrogen-bond acceptors (Lipinski definition) is 5. The number of aliphatic hydroxyl groups excluding tert-OH is 1. The van der Waals surface area contributed by atoms with Gasteiger partial charge in [0.1, 0.15) is 19.3 Å². The highest BCUT2D eigenvalue weighted by atomic mass is 16.6. The molecule has 0 aromatic carbocycles. The third-order valence-corrected chi connectivity index (χ3v) is 7.52. The lowest BCUT2D eigenvalue weighted by Crippen LogP contribution is -2.25. The highest BCUT2D eigenvalue weighted by molar-refractivity contribution is 5.69. The van der Waals surface area contributed by atoms with Crippen molar-refractivity contribution in [1.82, 2.24) is 0 Å². The molecule has 0 fully saturated rings. The Balaban J connectivity index is 3.41. The van der Waals surface area contributed by atoms with Gasteiger partial charge in [0, 0.05) is 12.8 Å². The molecule has 0 bridgehead atoms. The minimum Gasteiger partial charge on any atom is -0.463 e. The molecule has 0 rings (SSSR count). The zero-order valence-corrected chi connectivity index (χ0v) is 26.3. The van der Waals surface area contributed by atoms with Crippen LogP contribution in [0.1, 0.15) is 181 Å². The summed E-state index contributed by atoms with van der Waals surface area (Å²) in [6.07, 6.45) is 28.6. The number of hydrogen-bond donors (Lipinski definition) is 1. The summed E-state index contributed by atoms with van der Waals surface area (Å²) in [7, 11) is 0. The molecule has 1 atom stereocenters. The molecule has 0 heterocycles. The van der Waals surface area contributed by atoms with Crippen LogP contribution < -0.4 is 0 Å². The maximum absolute atomic E-state index is 11.9. The zero-order chi connectivity index (χ0) is 28.8. The summed E-state index contributed by atoms with van der Waals surface area (Å²) < 4.78 is 10.3. The van der Waals surface area contributed by atoms with Crippen molar-refractivity contribution in [2.45, 2.75) is 187 Å². The van der Waals surface area contributed by atoms with Gasteiger partial charge in [0.25, 0.3) is 0 Å². The summed E-state index contributed by atoms with van der Waals surface area (Å²) in [5.74, 6) is 0.271. The zero-order valence-electron chi connectivity index (χ0n) is 26.3. The van der Waals surface area contributed by atoms with Crippen molar-refractivity contribution in [2.75, 3.05) is 13.2 Å². The molecule has 0 aromatic heterocycles. The normalized spacial score (nSPS) is 12.1. The van der Waals surface area contributed by atoms with Crippen LogP contribution in [0.3, 0.4) is 0 Å². The third-order valence-electron chi connectivity index (χ3n) is 7.52. The van der Waals surface area contributed by atoms with E-state index in [9.17, 15) is 14.7 Å². The number of unbranched alkanes of at least 4 members (excludes halogenated alkanes) is 20. The average molecular weight is 555 g/mol. The molecule has 39 heavy (non-hydrogen) atoms. The molecule has 0 spiro atoms. The Morgan fingerprint density at radius 1 is 0.513 bits per heavy atom. The maximum atomic E-state index is 11.9. The third kappa shape index (κ3) is 31.3. The van der Waals surface area contributed by atoms with Crippen molar-refractivity contribution in [1.29, 1.82) is 0 Å². The second-order valence-electron chi connectivity index (χ2n) is 12.1. The van der Waals surface area contributed by atoms with Gasteiger partial charge in [-0.1, -0.05) is 156 Å². The number of ether oxygens (including phenoxy) is 2. The van der Waals surface area contributed by atoms with E-state index in [0.29, 0.717) is 12.8 Å². The van der Waals surface area contributed by atoms with E-state index < -0.39 is 6.10 Å². The van der Waals surface area contributed by atoms with Crippen LogP contribution in [0.15, 0.2) is 0 Å². The molecule has 0 unspecified atom stereocenters. The van der Waals surface area contributed by atoms with Gasteiger partial charge in [-0.05, 0) is 18.8 Å². The molecule has 5 heteroatoms. The Bertz CT molecular complexity index is 534. The average Bonchev–Trinajstić information content (AvgIpc) is 2.91. The number of carbonyl (C=O) groups is 2. The van der Waals surface area contributed by atoms with Crippen LogP contribution in [-0.2, 0) is 19.1 Å². The van der Waals surface area contributed by atoms with E-state index in [1.807, 2.05) is 0 Å². The Morgan fingerprint density at radius 3 is 1.15 bits per heavy atom. The summed E-state index contributed by atoms with van der Waals surface area (Å²) in [5, 5.41) is 9.95. The summed E-state index contributed by atoms with van der Waals surface area (Å²) in [6.45, 7) is 6.63. The molecule has 0 aliphatic rings. The van der Waals surface area contributed by atoms with Gasteiger partial charge in [0.2, 0.25) is 0 Å². The number of esters is 2. The van der Waals surface area contributed by atoms with Crippen molar-refractivity contribution in [2.24, 2.45) is 5.92 Å². The molecule has 0 aromatic rings. The van der Waals surface area contributed by atoms with E-state index >= 15 is 0 Å². The summed E-state index contributed by atoms with van der Waals surface area (Å²) in [5.41, 5.74) is 0. The molecule has 0 amide bonds. The minimum absolute atomic E-state index is 0.109. The van der Waals surface area contributed by atoms with Crippen LogP contribution in [0, 0.1) is 5.92 Å². The van der Waals surface area contributed by atoms with Gasteiger partial charge >= 0.3 is 11.9 Å². The monoisotopic (exact) mass is 554 g/mol. The molecule has 0 saturated heterocycles. The van der Waals surface area contributed by atoms with Crippen LogP contribution in [0.25, 0.3) is 0 Å². The lowest BCUT2D eigenvalue weighted by molar-refractivity contribution is -0.152. The second-order valence-corrected chi connectivity index (χ2v) is 12.1. The molecule has 5 nitrogen and oxygen atoms in total. The summed E-state index contributed by atoms with van der Waals surface area (Å²) >= 11 is 0. The molecular weight excluding hydrogens is 488 g/mol. The first kappa shape index (κ1) is 37.9. The van der Waals surface area contributed by atoms with E-state index in [0.717, 1.165) is 31.6 Å². The van der Waals surface area contributed by atoms with Gasteiger partial charge in [0.15, 0.2) is 0 Å². The molecule has 0 saturated carbocycles. The number of aliphatic hydroxyl groups is 1. The van der Waals surface area contributed by atoms with Gasteiger partial charge in [-0.3, -0.25) is 9.59 Å². The Hall–Kier alpha value is -1.10. The van der Waals surface area contributed by atoms with Gasteiger partial charge < -0.3 is 14.6 Å². The molecular formula is C34H66O5. The largest absolute Gasteiger partial charge is 0.463 e. The fourth-order valence-corrected chi connectivity index (χ4v) is 4.92. The topological polar surface area (TPSA) is 72.8 Å². The molecule has 0 aliphatic heterocycles. The van der Waals surface area contributed by atoms with E-state index in [4.69, 9.17) is 9.47 Å². The van der Waals surface area contributed by atoms with Crippen molar-refractivity contribution in [3.63, 3.8) is 0 Å². The quantitative estimate of drug-likeness (QED) is 0.0706. The molecule has 232 valence electrons.